The quantitative estimate of drug-likeness (QED) is 0.752. The van der Waals surface area contributed by atoms with Gasteiger partial charge in [-0.25, -0.2) is 8.42 Å². The second kappa shape index (κ2) is 5.75. The fourth-order valence-electron chi connectivity index (χ4n) is 3.10. The van der Waals surface area contributed by atoms with Gasteiger partial charge in [0.15, 0.2) is 0 Å². The number of hydrogen-bond donors (Lipinski definition) is 2. The largest absolute Gasteiger partial charge is 0.312 e. The minimum Gasteiger partial charge on any atom is -0.312 e. The van der Waals surface area contributed by atoms with E-state index in [1.54, 1.807) is 30.3 Å². The van der Waals surface area contributed by atoms with Crippen molar-refractivity contribution in [2.24, 2.45) is 0 Å². The predicted octanol–water partition coefficient (Wildman–Crippen LogP) is 3.27. The van der Waals surface area contributed by atoms with Crippen molar-refractivity contribution in [3.05, 3.63) is 57.2 Å². The zero-order chi connectivity index (χ0) is 16.7. The van der Waals surface area contributed by atoms with Crippen molar-refractivity contribution in [3.63, 3.8) is 0 Å². The Morgan fingerprint density at radius 3 is 2.62 bits per heavy atom. The number of aromatic amines is 1. The van der Waals surface area contributed by atoms with Gasteiger partial charge in [-0.15, -0.1) is 0 Å². The van der Waals surface area contributed by atoms with Gasteiger partial charge < -0.3 is 4.98 Å². The summed E-state index contributed by atoms with van der Waals surface area (Å²) >= 11 is 1.06. The lowest BCUT2D eigenvalue weighted by atomic mass is 9.92. The Hall–Kier alpha value is -2.12. The molecule has 1 aliphatic rings. The predicted molar refractivity (Wildman–Crippen MR) is 96.3 cm³/mol. The van der Waals surface area contributed by atoms with Crippen LogP contribution in [0.3, 0.4) is 0 Å². The van der Waals surface area contributed by atoms with E-state index in [2.05, 4.69) is 9.71 Å². The minimum absolute atomic E-state index is 0.153. The molecule has 1 aliphatic carbocycles. The number of sulfonamides is 1. The van der Waals surface area contributed by atoms with Crippen molar-refractivity contribution >= 4 is 37.3 Å². The number of rotatable bonds is 3. The molecule has 0 saturated carbocycles. The van der Waals surface area contributed by atoms with E-state index in [4.69, 9.17) is 0 Å². The monoisotopic (exact) mass is 360 g/mol. The molecule has 5 nitrogen and oxygen atoms in total. The summed E-state index contributed by atoms with van der Waals surface area (Å²) in [5.74, 6) is 0. The smallest absolute Gasteiger partial charge is 0.305 e. The van der Waals surface area contributed by atoms with Gasteiger partial charge in [0.05, 0.1) is 20.8 Å². The zero-order valence-electron chi connectivity index (χ0n) is 12.8. The molecule has 0 bridgehead atoms. The van der Waals surface area contributed by atoms with Crippen molar-refractivity contribution < 1.29 is 8.42 Å². The Morgan fingerprint density at radius 1 is 1.00 bits per heavy atom. The van der Waals surface area contributed by atoms with Crippen LogP contribution in [0.5, 0.6) is 0 Å². The number of H-pyrrole nitrogens is 1. The topological polar surface area (TPSA) is 79.0 Å². The van der Waals surface area contributed by atoms with E-state index in [1.807, 2.05) is 6.07 Å². The van der Waals surface area contributed by atoms with Crippen LogP contribution in [0.2, 0.25) is 0 Å². The summed E-state index contributed by atoms with van der Waals surface area (Å²) in [6.07, 6.45) is 4.22. The lowest BCUT2D eigenvalue weighted by molar-refractivity contribution is 0.600. The number of nitrogens with one attached hydrogen (secondary N) is 2. The molecule has 0 saturated heterocycles. The maximum absolute atomic E-state index is 12.7. The molecule has 4 rings (SSSR count). The van der Waals surface area contributed by atoms with E-state index in [0.717, 1.165) is 47.3 Å². The van der Waals surface area contributed by atoms with E-state index in [9.17, 15) is 13.2 Å². The molecule has 0 fully saturated rings. The zero-order valence-corrected chi connectivity index (χ0v) is 14.5. The standard InChI is InChI=1S/C17H16N2O3S2/c20-17-18-15-8-6-13(10-16(15)23-17)19-24(21,22)14-7-5-11-3-1-2-4-12(11)9-14/h5-10,19H,1-4H2,(H,18,20). The summed E-state index contributed by atoms with van der Waals surface area (Å²) in [5, 5.41) is 0. The number of thiazole rings is 1. The SMILES string of the molecule is O=c1[nH]c2ccc(NS(=O)(=O)c3ccc4c(c3)CCCC4)cc2s1. The van der Waals surface area contributed by atoms with Gasteiger partial charge in [-0.1, -0.05) is 17.4 Å². The average molecular weight is 360 g/mol. The van der Waals surface area contributed by atoms with Gasteiger partial charge in [-0.05, 0) is 67.1 Å². The number of anilines is 1. The molecule has 24 heavy (non-hydrogen) atoms. The first-order valence-electron chi connectivity index (χ1n) is 7.79. The van der Waals surface area contributed by atoms with Gasteiger partial charge in [0.25, 0.3) is 10.0 Å². The van der Waals surface area contributed by atoms with Gasteiger partial charge in [0.2, 0.25) is 0 Å². The Kier molecular flexibility index (Phi) is 3.69. The molecule has 0 unspecified atom stereocenters. The highest BCUT2D eigenvalue weighted by Crippen LogP contribution is 2.26. The van der Waals surface area contributed by atoms with Crippen molar-refractivity contribution in [2.75, 3.05) is 4.72 Å². The van der Waals surface area contributed by atoms with Crippen LogP contribution in [-0.4, -0.2) is 13.4 Å². The van der Waals surface area contributed by atoms with Crippen LogP contribution in [-0.2, 0) is 22.9 Å². The van der Waals surface area contributed by atoms with Crippen molar-refractivity contribution in [1.82, 2.24) is 4.98 Å². The lowest BCUT2D eigenvalue weighted by Crippen LogP contribution is -2.14. The summed E-state index contributed by atoms with van der Waals surface area (Å²) in [6, 6.07) is 10.4. The third-order valence-electron chi connectivity index (χ3n) is 4.30. The molecule has 0 atom stereocenters. The molecular formula is C17H16N2O3S2. The summed E-state index contributed by atoms with van der Waals surface area (Å²) in [7, 11) is -3.64. The molecule has 0 aliphatic heterocycles. The van der Waals surface area contributed by atoms with Crippen LogP contribution in [0, 0.1) is 0 Å². The Morgan fingerprint density at radius 2 is 1.79 bits per heavy atom. The Bertz CT molecular complexity index is 1080. The molecule has 2 N–H and O–H groups in total. The van der Waals surface area contributed by atoms with Gasteiger partial charge >= 0.3 is 4.87 Å². The number of aromatic nitrogens is 1. The second-order valence-corrected chi connectivity index (χ2v) is 8.67. The second-order valence-electron chi connectivity index (χ2n) is 5.97. The first-order chi connectivity index (χ1) is 11.5. The third-order valence-corrected chi connectivity index (χ3v) is 6.53. The number of fused-ring (bicyclic) bond motifs is 2. The Balaban J connectivity index is 1.67. The third kappa shape index (κ3) is 2.85. The molecule has 0 radical (unpaired) electrons. The molecule has 1 aromatic heterocycles. The van der Waals surface area contributed by atoms with Crippen LogP contribution in [0.4, 0.5) is 5.69 Å². The minimum atomic E-state index is -3.64. The van der Waals surface area contributed by atoms with Crippen molar-refractivity contribution in [3.8, 4) is 0 Å². The van der Waals surface area contributed by atoms with Gasteiger partial charge in [0, 0.05) is 0 Å². The fourth-order valence-corrected chi connectivity index (χ4v) is 4.98. The molecule has 124 valence electrons. The first-order valence-corrected chi connectivity index (χ1v) is 10.1. The van der Waals surface area contributed by atoms with Crippen LogP contribution in [0.15, 0.2) is 46.1 Å². The van der Waals surface area contributed by atoms with Crippen LogP contribution in [0.1, 0.15) is 24.0 Å². The molecular weight excluding hydrogens is 344 g/mol. The highest BCUT2D eigenvalue weighted by atomic mass is 32.2. The first kappa shape index (κ1) is 15.4. The maximum atomic E-state index is 12.7. The molecule has 3 aromatic rings. The van der Waals surface area contributed by atoms with Gasteiger partial charge in [-0.2, -0.15) is 0 Å². The number of hydrogen-bond acceptors (Lipinski definition) is 4. The highest BCUT2D eigenvalue weighted by molar-refractivity contribution is 7.92. The van der Waals surface area contributed by atoms with Gasteiger partial charge in [-0.3, -0.25) is 9.52 Å². The maximum Gasteiger partial charge on any atom is 0.305 e. The summed E-state index contributed by atoms with van der Waals surface area (Å²) < 4.78 is 28.6. The van der Waals surface area contributed by atoms with Crippen molar-refractivity contribution in [2.45, 2.75) is 30.6 Å². The summed E-state index contributed by atoms with van der Waals surface area (Å²) in [5.41, 5.74) is 3.54. The van der Waals surface area contributed by atoms with E-state index < -0.39 is 10.0 Å². The summed E-state index contributed by atoms with van der Waals surface area (Å²) in [4.78, 5) is 14.2. The van der Waals surface area contributed by atoms with Crippen LogP contribution in [0.25, 0.3) is 10.2 Å². The van der Waals surface area contributed by atoms with Crippen LogP contribution < -0.4 is 9.60 Å². The molecule has 7 heteroatoms. The van der Waals surface area contributed by atoms with Gasteiger partial charge in [0.1, 0.15) is 0 Å². The average Bonchev–Trinajstić information content (AvgIpc) is 2.93. The lowest BCUT2D eigenvalue weighted by Gasteiger charge is -2.17. The van der Waals surface area contributed by atoms with E-state index in [1.165, 1.54) is 5.56 Å². The fraction of sp³-hybridized carbons (Fsp3) is 0.235. The number of benzene rings is 2. The van der Waals surface area contributed by atoms with E-state index in [0.29, 0.717) is 11.2 Å². The normalized spacial score (nSPS) is 14.5. The van der Waals surface area contributed by atoms with Crippen LogP contribution >= 0.6 is 11.3 Å². The highest BCUT2D eigenvalue weighted by Gasteiger charge is 2.18. The molecule has 0 spiro atoms. The molecule has 2 aromatic carbocycles. The van der Waals surface area contributed by atoms with E-state index in [-0.39, 0.29) is 9.77 Å². The number of aryl methyl sites for hydroxylation is 2. The molecule has 1 heterocycles. The van der Waals surface area contributed by atoms with Crippen molar-refractivity contribution in [1.29, 1.82) is 0 Å². The Labute approximate surface area is 143 Å². The summed E-state index contributed by atoms with van der Waals surface area (Å²) in [6.45, 7) is 0. The molecule has 0 amide bonds. The van der Waals surface area contributed by atoms with E-state index >= 15 is 0 Å².